The number of nitrogens with two attached hydrogens (primary N) is 1. The van der Waals surface area contributed by atoms with Crippen molar-refractivity contribution < 1.29 is 9.59 Å². The van der Waals surface area contributed by atoms with Crippen LogP contribution in [0.3, 0.4) is 0 Å². The minimum Gasteiger partial charge on any atom is -0.369 e. The molecular weight excluding hydrogens is 294 g/mol. The normalized spacial score (nSPS) is 20.8. The molecule has 4 rings (SSSR count). The molecule has 0 saturated heterocycles. The summed E-state index contributed by atoms with van der Waals surface area (Å²) >= 11 is 0. The van der Waals surface area contributed by atoms with E-state index in [1.54, 1.807) is 0 Å². The first-order chi connectivity index (χ1) is 11.1. The topological polar surface area (TPSA) is 102 Å². The first kappa shape index (κ1) is 13.6. The van der Waals surface area contributed by atoms with Gasteiger partial charge in [-0.3, -0.25) is 9.59 Å². The molecule has 0 unspecified atom stereocenters. The van der Waals surface area contributed by atoms with Gasteiger partial charge in [-0.1, -0.05) is 18.2 Å². The average Bonchev–Trinajstić information content (AvgIpc) is 2.94. The van der Waals surface area contributed by atoms with E-state index in [0.29, 0.717) is 24.4 Å². The van der Waals surface area contributed by atoms with Crippen LogP contribution in [0.2, 0.25) is 0 Å². The van der Waals surface area contributed by atoms with Gasteiger partial charge in [0.05, 0.1) is 0 Å². The van der Waals surface area contributed by atoms with Crippen molar-refractivity contribution in [2.75, 3.05) is 6.54 Å². The first-order valence-electron chi connectivity index (χ1n) is 7.32. The van der Waals surface area contributed by atoms with E-state index in [2.05, 4.69) is 15.6 Å². The van der Waals surface area contributed by atoms with Crippen molar-refractivity contribution in [1.29, 1.82) is 0 Å². The molecule has 0 spiro atoms. The van der Waals surface area contributed by atoms with Gasteiger partial charge >= 0.3 is 0 Å². The minimum atomic E-state index is -0.397. The molecule has 2 aliphatic heterocycles. The van der Waals surface area contributed by atoms with Gasteiger partial charge in [0.1, 0.15) is 11.4 Å². The van der Waals surface area contributed by atoms with Crippen LogP contribution in [0.4, 0.5) is 0 Å². The van der Waals surface area contributed by atoms with Crippen molar-refractivity contribution in [2.24, 2.45) is 17.8 Å². The van der Waals surface area contributed by atoms with Crippen LogP contribution < -0.4 is 16.4 Å². The van der Waals surface area contributed by atoms with Crippen molar-refractivity contribution in [3.8, 4) is 0 Å². The molecule has 1 aromatic carbocycles. The summed E-state index contributed by atoms with van der Waals surface area (Å²) in [6, 6.07) is 7.75. The predicted octanol–water partition coefficient (Wildman–Crippen LogP) is 0.467. The van der Waals surface area contributed by atoms with Gasteiger partial charge in [-0.2, -0.15) is 4.99 Å². The zero-order chi connectivity index (χ0) is 16.1. The number of nitrogens with zero attached hydrogens (tertiary/aromatic N) is 2. The van der Waals surface area contributed by atoms with Crippen molar-refractivity contribution in [3.05, 3.63) is 41.2 Å². The maximum absolute atomic E-state index is 12.5. The number of para-hydroxylation sites is 1. The fraction of sp³-hybridized carbons (Fsp3) is 0.188. The summed E-state index contributed by atoms with van der Waals surface area (Å²) in [6.45, 7) is 0.454. The summed E-state index contributed by atoms with van der Waals surface area (Å²) in [5, 5.41) is 6.66. The quantitative estimate of drug-likeness (QED) is 0.616. The van der Waals surface area contributed by atoms with E-state index in [4.69, 9.17) is 5.73 Å². The molecule has 0 atom stereocenters. The summed E-state index contributed by atoms with van der Waals surface area (Å²) in [5.41, 5.74) is 9.01. The second-order valence-corrected chi connectivity index (χ2v) is 5.59. The van der Waals surface area contributed by atoms with Gasteiger partial charge in [-0.25, -0.2) is 0 Å². The van der Waals surface area contributed by atoms with Gasteiger partial charge in [0, 0.05) is 30.1 Å². The number of carbonyl (C=O) groups is 2. The van der Waals surface area contributed by atoms with E-state index in [1.165, 1.54) is 0 Å². The van der Waals surface area contributed by atoms with E-state index in [0.717, 1.165) is 22.0 Å². The Morgan fingerprint density at radius 3 is 2.78 bits per heavy atom. The highest BCUT2D eigenvalue weighted by molar-refractivity contribution is 6.17. The van der Waals surface area contributed by atoms with Gasteiger partial charge in [0.15, 0.2) is 0 Å². The molecule has 2 aliphatic rings. The Kier molecular flexibility index (Phi) is 2.77. The van der Waals surface area contributed by atoms with E-state index in [-0.39, 0.29) is 11.9 Å². The Hall–Kier alpha value is -3.09. The summed E-state index contributed by atoms with van der Waals surface area (Å²) < 4.78 is 1.86. The van der Waals surface area contributed by atoms with Crippen LogP contribution in [0.1, 0.15) is 22.5 Å². The van der Waals surface area contributed by atoms with E-state index < -0.39 is 5.91 Å². The van der Waals surface area contributed by atoms with Crippen LogP contribution in [0, 0.1) is 0 Å². The summed E-state index contributed by atoms with van der Waals surface area (Å²) in [4.78, 5) is 28.3. The van der Waals surface area contributed by atoms with E-state index >= 15 is 0 Å². The Bertz CT molecular complexity index is 935. The number of hydrogen-bond donors (Lipinski definition) is 3. The fourth-order valence-corrected chi connectivity index (χ4v) is 3.30. The number of carbonyl (C=O) groups excluding carboxylic acids is 2. The van der Waals surface area contributed by atoms with Crippen LogP contribution >= 0.6 is 0 Å². The Balaban J connectivity index is 2.09. The van der Waals surface area contributed by atoms with Crippen LogP contribution in [-0.2, 0) is 11.8 Å². The molecule has 7 nitrogen and oxygen atoms in total. The van der Waals surface area contributed by atoms with Crippen molar-refractivity contribution >= 4 is 34.2 Å². The fourth-order valence-electron chi connectivity index (χ4n) is 3.30. The molecule has 23 heavy (non-hydrogen) atoms. The number of hydrogen-bond acceptors (Lipinski definition) is 4. The lowest BCUT2D eigenvalue weighted by atomic mass is 9.97. The molecular formula is C16H15N5O2. The number of nitrogens with one attached hydrogen (secondary N) is 2. The molecule has 116 valence electrons. The molecule has 0 bridgehead atoms. The van der Waals surface area contributed by atoms with Crippen molar-refractivity contribution in [1.82, 2.24) is 15.2 Å². The zero-order valence-electron chi connectivity index (χ0n) is 12.5. The highest BCUT2D eigenvalue weighted by Crippen LogP contribution is 2.36. The van der Waals surface area contributed by atoms with Gasteiger partial charge in [-0.15, -0.1) is 0 Å². The maximum atomic E-state index is 12.5. The third-order valence-corrected chi connectivity index (χ3v) is 4.28. The first-order valence-corrected chi connectivity index (χ1v) is 7.32. The number of fused-ring (bicyclic) bond motifs is 3. The number of aromatic nitrogens is 1. The van der Waals surface area contributed by atoms with Crippen molar-refractivity contribution in [2.45, 2.75) is 6.42 Å². The smallest absolute Gasteiger partial charge is 0.296 e. The summed E-state index contributed by atoms with van der Waals surface area (Å²) in [6.07, 6.45) is 0.531. The number of aliphatic imine (C=N–C) groups is 1. The lowest BCUT2D eigenvalue weighted by Crippen LogP contribution is -2.26. The molecule has 0 aliphatic carbocycles. The maximum Gasteiger partial charge on any atom is 0.296 e. The third-order valence-electron chi connectivity index (χ3n) is 4.28. The van der Waals surface area contributed by atoms with Gasteiger partial charge in [-0.05, 0) is 18.1 Å². The molecule has 3 heterocycles. The summed E-state index contributed by atoms with van der Waals surface area (Å²) in [5.74, 6) is -0.456. The Labute approximate surface area is 131 Å². The lowest BCUT2D eigenvalue weighted by molar-refractivity contribution is -0.114. The average molecular weight is 309 g/mol. The molecule has 0 radical (unpaired) electrons. The number of rotatable bonds is 0. The van der Waals surface area contributed by atoms with Crippen LogP contribution in [0.5, 0.6) is 0 Å². The molecule has 0 fully saturated rings. The van der Waals surface area contributed by atoms with E-state index in [1.807, 2.05) is 35.9 Å². The monoisotopic (exact) mass is 309 g/mol. The van der Waals surface area contributed by atoms with Gasteiger partial charge < -0.3 is 20.9 Å². The minimum absolute atomic E-state index is 0.0859. The zero-order valence-corrected chi connectivity index (χ0v) is 12.5. The van der Waals surface area contributed by atoms with Crippen molar-refractivity contribution in [3.63, 3.8) is 0 Å². The van der Waals surface area contributed by atoms with Crippen LogP contribution in [0.15, 0.2) is 35.0 Å². The standard InChI is InChI=1S/C16H15N5O2/c1-21-10-5-3-2-4-8(10)11-9(6-7-18-15(23)13(11)21)12-14(22)20-16(17)19-12/h2-5H,6-7H2,1H3,(H,18,23)(H3,17,19,20,22)/b12-9-. The molecule has 7 heteroatoms. The molecule has 2 aromatic rings. The van der Waals surface area contributed by atoms with Gasteiger partial charge in [0.2, 0.25) is 5.96 Å². The van der Waals surface area contributed by atoms with Crippen LogP contribution in [-0.4, -0.2) is 28.9 Å². The largest absolute Gasteiger partial charge is 0.369 e. The lowest BCUT2D eigenvalue weighted by Gasteiger charge is -2.08. The van der Waals surface area contributed by atoms with Crippen LogP contribution in [0.25, 0.3) is 16.5 Å². The molecule has 0 saturated carbocycles. The van der Waals surface area contributed by atoms with Gasteiger partial charge in [0.25, 0.3) is 11.8 Å². The highest BCUT2D eigenvalue weighted by Gasteiger charge is 2.31. The second kappa shape index (κ2) is 4.70. The third kappa shape index (κ3) is 1.86. The molecule has 2 amide bonds. The molecule has 4 N–H and O–H groups in total. The number of guanidine groups is 1. The Morgan fingerprint density at radius 1 is 1.26 bits per heavy atom. The number of aryl methyl sites for hydroxylation is 1. The predicted molar refractivity (Wildman–Crippen MR) is 86.6 cm³/mol. The number of benzene rings is 1. The number of amides is 2. The summed E-state index contributed by atoms with van der Waals surface area (Å²) in [7, 11) is 1.85. The molecule has 1 aromatic heterocycles. The second-order valence-electron chi connectivity index (χ2n) is 5.59. The Morgan fingerprint density at radius 2 is 2.04 bits per heavy atom. The SMILES string of the molecule is Cn1c2c(c3ccccc31)/C(=C1\NC(N)=NC1=O)CCNC2=O. The highest BCUT2D eigenvalue weighted by atomic mass is 16.2. The van der Waals surface area contributed by atoms with E-state index in [9.17, 15) is 9.59 Å².